The number of carbonyl (C=O) groups excluding carboxylic acids is 1. The van der Waals surface area contributed by atoms with Crippen LogP contribution in [0.25, 0.3) is 0 Å². The third kappa shape index (κ3) is 4.23. The third-order valence-electron chi connectivity index (χ3n) is 4.53. The van der Waals surface area contributed by atoms with Gasteiger partial charge in [0.2, 0.25) is 0 Å². The summed E-state index contributed by atoms with van der Waals surface area (Å²) in [5, 5.41) is 1.28. The predicted molar refractivity (Wildman–Crippen MR) is 90.6 cm³/mol. The number of benzene rings is 1. The van der Waals surface area contributed by atoms with Crippen LogP contribution in [0.15, 0.2) is 23.1 Å². The molecule has 2 fully saturated rings. The van der Waals surface area contributed by atoms with Crippen molar-refractivity contribution in [1.82, 2.24) is 5.06 Å². The molecule has 2 aliphatic rings. The number of urea groups is 1. The molecule has 2 amide bonds. The van der Waals surface area contributed by atoms with Crippen molar-refractivity contribution in [1.29, 1.82) is 0 Å². The zero-order chi connectivity index (χ0) is 18.0. The fourth-order valence-electron chi connectivity index (χ4n) is 3.20. The van der Waals surface area contributed by atoms with Crippen molar-refractivity contribution < 1.29 is 22.8 Å². The average Bonchev–Trinajstić information content (AvgIpc) is 2.58. The fraction of sp³-hybridized carbons (Fsp3) is 0.588. The SMILES string of the molecule is CN1OCCN(c2ccc(SC3CCCCC3)c(C(F)(F)F)c2)C1=O. The maximum absolute atomic E-state index is 13.6. The van der Waals surface area contributed by atoms with Crippen LogP contribution in [0.4, 0.5) is 23.7 Å². The Bertz CT molecular complexity index is 633. The number of hydrogen-bond acceptors (Lipinski definition) is 3. The number of alkyl halides is 3. The Balaban J connectivity index is 1.88. The van der Waals surface area contributed by atoms with E-state index in [2.05, 4.69) is 0 Å². The van der Waals surface area contributed by atoms with Crippen LogP contribution in [0.1, 0.15) is 37.7 Å². The molecule has 4 nitrogen and oxygen atoms in total. The van der Waals surface area contributed by atoms with Gasteiger partial charge in [0.05, 0.1) is 18.7 Å². The molecule has 8 heteroatoms. The number of hydrogen-bond donors (Lipinski definition) is 0. The van der Waals surface area contributed by atoms with Crippen molar-refractivity contribution in [2.24, 2.45) is 0 Å². The van der Waals surface area contributed by atoms with Crippen molar-refractivity contribution in [3.63, 3.8) is 0 Å². The first-order chi connectivity index (χ1) is 11.9. The van der Waals surface area contributed by atoms with Gasteiger partial charge in [0, 0.05) is 22.9 Å². The highest BCUT2D eigenvalue weighted by molar-refractivity contribution is 8.00. The summed E-state index contributed by atoms with van der Waals surface area (Å²) < 4.78 is 40.7. The van der Waals surface area contributed by atoms with E-state index in [4.69, 9.17) is 4.84 Å². The Labute approximate surface area is 149 Å². The van der Waals surface area contributed by atoms with Crippen LogP contribution >= 0.6 is 11.8 Å². The fourth-order valence-corrected chi connectivity index (χ4v) is 4.58. The van der Waals surface area contributed by atoms with Gasteiger partial charge in [0.1, 0.15) is 0 Å². The Kier molecular flexibility index (Phi) is 5.48. The van der Waals surface area contributed by atoms with Crippen LogP contribution < -0.4 is 4.90 Å². The second-order valence-electron chi connectivity index (χ2n) is 6.32. The van der Waals surface area contributed by atoms with E-state index >= 15 is 0 Å². The largest absolute Gasteiger partial charge is 0.417 e. The highest BCUT2D eigenvalue weighted by Crippen LogP contribution is 2.42. The number of thioether (sulfide) groups is 1. The molecule has 1 saturated carbocycles. The topological polar surface area (TPSA) is 32.8 Å². The zero-order valence-electron chi connectivity index (χ0n) is 14.0. The van der Waals surface area contributed by atoms with E-state index in [0.717, 1.165) is 43.2 Å². The van der Waals surface area contributed by atoms with E-state index in [1.807, 2.05) is 0 Å². The number of nitrogens with zero attached hydrogens (tertiary/aromatic N) is 2. The van der Waals surface area contributed by atoms with E-state index in [1.165, 1.54) is 29.8 Å². The van der Waals surface area contributed by atoms with Gasteiger partial charge in [-0.05, 0) is 31.0 Å². The average molecular weight is 374 g/mol. The minimum Gasteiger partial charge on any atom is -0.290 e. The molecule has 1 heterocycles. The first-order valence-corrected chi connectivity index (χ1v) is 9.30. The lowest BCUT2D eigenvalue weighted by Gasteiger charge is -2.33. The van der Waals surface area contributed by atoms with Crippen molar-refractivity contribution >= 4 is 23.5 Å². The molecule has 1 aromatic carbocycles. The third-order valence-corrected chi connectivity index (χ3v) is 5.94. The summed E-state index contributed by atoms with van der Waals surface area (Å²) in [4.78, 5) is 18.8. The molecule has 1 saturated heterocycles. The van der Waals surface area contributed by atoms with E-state index in [9.17, 15) is 18.0 Å². The number of rotatable bonds is 3. The first kappa shape index (κ1) is 18.4. The summed E-state index contributed by atoms with van der Waals surface area (Å²) in [6, 6.07) is 3.71. The molecular weight excluding hydrogens is 353 g/mol. The van der Waals surface area contributed by atoms with Gasteiger partial charge in [-0.3, -0.25) is 9.74 Å². The molecule has 0 bridgehead atoms. The van der Waals surface area contributed by atoms with Gasteiger partial charge in [0.15, 0.2) is 0 Å². The molecule has 1 aliphatic heterocycles. The standard InChI is InChI=1S/C17H21F3N2O2S/c1-21-16(23)22(9-10-24-21)12-7-8-15(14(11-12)17(18,19)20)25-13-5-3-2-4-6-13/h7-8,11,13H,2-6,9-10H2,1H3. The van der Waals surface area contributed by atoms with E-state index < -0.39 is 17.8 Å². The molecule has 0 spiro atoms. The predicted octanol–water partition coefficient (Wildman–Crippen LogP) is 4.93. The smallest absolute Gasteiger partial charge is 0.290 e. The number of anilines is 1. The minimum absolute atomic E-state index is 0.232. The Hall–Kier alpha value is -1.41. The van der Waals surface area contributed by atoms with E-state index in [1.54, 1.807) is 6.07 Å². The summed E-state index contributed by atoms with van der Waals surface area (Å²) >= 11 is 1.32. The van der Waals surface area contributed by atoms with Crippen LogP contribution in [0.5, 0.6) is 0 Å². The molecule has 0 radical (unpaired) electrons. The molecule has 25 heavy (non-hydrogen) atoms. The lowest BCUT2D eigenvalue weighted by atomic mass is 10.0. The normalized spacial score (nSPS) is 20.2. The van der Waals surface area contributed by atoms with Crippen LogP contribution in [0.3, 0.4) is 0 Å². The van der Waals surface area contributed by atoms with Gasteiger partial charge in [0.25, 0.3) is 0 Å². The molecule has 0 N–H and O–H groups in total. The molecule has 1 aliphatic carbocycles. The summed E-state index contributed by atoms with van der Waals surface area (Å²) in [5.74, 6) is 0. The van der Waals surface area contributed by atoms with Gasteiger partial charge in [-0.15, -0.1) is 11.8 Å². The molecule has 138 valence electrons. The van der Waals surface area contributed by atoms with Gasteiger partial charge in [-0.2, -0.15) is 13.2 Å². The Morgan fingerprint density at radius 2 is 1.92 bits per heavy atom. The molecule has 0 unspecified atom stereocenters. The van der Waals surface area contributed by atoms with Crippen molar-refractivity contribution in [2.45, 2.75) is 48.4 Å². The van der Waals surface area contributed by atoms with Gasteiger partial charge >= 0.3 is 12.2 Å². The van der Waals surface area contributed by atoms with Gasteiger partial charge in [-0.1, -0.05) is 19.3 Å². The maximum Gasteiger partial charge on any atom is 0.417 e. The van der Waals surface area contributed by atoms with E-state index in [-0.39, 0.29) is 29.0 Å². The highest BCUT2D eigenvalue weighted by atomic mass is 32.2. The molecule has 0 aromatic heterocycles. The van der Waals surface area contributed by atoms with Crippen molar-refractivity contribution in [3.8, 4) is 0 Å². The minimum atomic E-state index is -4.45. The summed E-state index contributed by atoms with van der Waals surface area (Å²) in [6.45, 7) is 0.484. The van der Waals surface area contributed by atoms with Crippen LogP contribution in [0, 0.1) is 0 Å². The number of amides is 2. The molecular formula is C17H21F3N2O2S. The lowest BCUT2D eigenvalue weighted by Crippen LogP contribution is -2.48. The first-order valence-electron chi connectivity index (χ1n) is 8.42. The number of hydroxylamine groups is 2. The van der Waals surface area contributed by atoms with Crippen molar-refractivity contribution in [2.75, 3.05) is 25.1 Å². The van der Waals surface area contributed by atoms with Gasteiger partial charge in [-0.25, -0.2) is 9.86 Å². The molecule has 1 aromatic rings. The summed E-state index contributed by atoms with van der Waals surface area (Å²) in [6.07, 6.45) is 0.771. The van der Waals surface area contributed by atoms with E-state index in [0.29, 0.717) is 0 Å². The Morgan fingerprint density at radius 1 is 1.20 bits per heavy atom. The number of halogens is 3. The van der Waals surface area contributed by atoms with Crippen LogP contribution in [0.2, 0.25) is 0 Å². The van der Waals surface area contributed by atoms with Gasteiger partial charge < -0.3 is 0 Å². The van der Waals surface area contributed by atoms with Crippen molar-refractivity contribution in [3.05, 3.63) is 23.8 Å². The quantitative estimate of drug-likeness (QED) is 0.752. The second kappa shape index (κ2) is 7.45. The summed E-state index contributed by atoms with van der Waals surface area (Å²) in [7, 11) is 1.45. The lowest BCUT2D eigenvalue weighted by molar-refractivity contribution is -0.139. The van der Waals surface area contributed by atoms with Crippen LogP contribution in [-0.4, -0.2) is 36.5 Å². The highest BCUT2D eigenvalue weighted by Gasteiger charge is 2.36. The second-order valence-corrected chi connectivity index (χ2v) is 7.66. The zero-order valence-corrected chi connectivity index (χ0v) is 14.8. The molecule has 0 atom stereocenters. The van der Waals surface area contributed by atoms with Crippen LogP contribution in [-0.2, 0) is 11.0 Å². The molecule has 3 rings (SSSR count). The summed E-state index contributed by atoms with van der Waals surface area (Å²) in [5.41, 5.74) is -0.414. The maximum atomic E-state index is 13.6. The monoisotopic (exact) mass is 374 g/mol. The number of carbonyl (C=O) groups is 1. The Morgan fingerprint density at radius 3 is 2.60 bits per heavy atom.